The number of hydrogen-bond acceptors (Lipinski definition) is 2. The lowest BCUT2D eigenvalue weighted by Crippen LogP contribution is -2.43. The van der Waals surface area contributed by atoms with Gasteiger partial charge in [0.05, 0.1) is 5.92 Å². The minimum atomic E-state index is -0.889. The summed E-state index contributed by atoms with van der Waals surface area (Å²) in [5.74, 6) is -1.36. The lowest BCUT2D eigenvalue weighted by atomic mass is 9.96. The Balaban J connectivity index is 4.24. The van der Waals surface area contributed by atoms with Crippen LogP contribution < -0.4 is 5.32 Å². The Kier molecular flexibility index (Phi) is 5.33. The smallest absolute Gasteiger partial charge is 0.308 e. The van der Waals surface area contributed by atoms with Crippen molar-refractivity contribution in [3.63, 3.8) is 0 Å². The van der Waals surface area contributed by atoms with Gasteiger partial charge in [-0.2, -0.15) is 0 Å². The molecule has 0 spiro atoms. The molecule has 0 aliphatic heterocycles. The first-order chi connectivity index (χ1) is 6.77. The van der Waals surface area contributed by atoms with Gasteiger partial charge in [0, 0.05) is 12.0 Å². The van der Waals surface area contributed by atoms with E-state index in [4.69, 9.17) is 5.11 Å². The number of carbonyl (C=O) groups excluding carboxylic acids is 1. The van der Waals surface area contributed by atoms with Crippen molar-refractivity contribution in [2.75, 3.05) is 0 Å². The van der Waals surface area contributed by atoms with E-state index in [-0.39, 0.29) is 23.8 Å². The summed E-state index contributed by atoms with van der Waals surface area (Å²) < 4.78 is 0. The third kappa shape index (κ3) is 4.32. The average molecular weight is 215 g/mol. The Morgan fingerprint density at radius 3 is 1.80 bits per heavy atom. The number of rotatable bonds is 5. The van der Waals surface area contributed by atoms with Crippen molar-refractivity contribution < 1.29 is 14.7 Å². The molecule has 0 saturated carbocycles. The SMILES string of the molecule is CC(C)C(C)C(=O)NC(C)C(C)C(=O)O. The van der Waals surface area contributed by atoms with E-state index in [1.165, 1.54) is 0 Å². The zero-order valence-corrected chi connectivity index (χ0v) is 10.1. The maximum atomic E-state index is 11.6. The van der Waals surface area contributed by atoms with Gasteiger partial charge in [0.2, 0.25) is 5.91 Å². The van der Waals surface area contributed by atoms with E-state index in [1.807, 2.05) is 20.8 Å². The molecule has 0 aromatic heterocycles. The Morgan fingerprint density at radius 1 is 1.00 bits per heavy atom. The van der Waals surface area contributed by atoms with E-state index in [9.17, 15) is 9.59 Å². The van der Waals surface area contributed by atoms with Crippen LogP contribution in [0.5, 0.6) is 0 Å². The fourth-order valence-electron chi connectivity index (χ4n) is 0.997. The summed E-state index contributed by atoms with van der Waals surface area (Å²) in [7, 11) is 0. The van der Waals surface area contributed by atoms with Crippen molar-refractivity contribution in [3.8, 4) is 0 Å². The van der Waals surface area contributed by atoms with Crippen LogP contribution >= 0.6 is 0 Å². The van der Waals surface area contributed by atoms with Crippen molar-refractivity contribution in [1.29, 1.82) is 0 Å². The van der Waals surface area contributed by atoms with Gasteiger partial charge in [-0.05, 0) is 19.8 Å². The highest BCUT2D eigenvalue weighted by atomic mass is 16.4. The monoisotopic (exact) mass is 215 g/mol. The second kappa shape index (κ2) is 5.73. The second-order valence-electron chi connectivity index (χ2n) is 4.46. The molecular weight excluding hydrogens is 194 g/mol. The molecule has 4 heteroatoms. The van der Waals surface area contributed by atoms with Gasteiger partial charge in [-0.25, -0.2) is 0 Å². The van der Waals surface area contributed by atoms with Crippen LogP contribution in [0.15, 0.2) is 0 Å². The topological polar surface area (TPSA) is 66.4 Å². The summed E-state index contributed by atoms with van der Waals surface area (Å²) in [6, 6.07) is -0.337. The lowest BCUT2D eigenvalue weighted by molar-refractivity contribution is -0.142. The zero-order valence-electron chi connectivity index (χ0n) is 10.1. The molecule has 0 aliphatic rings. The van der Waals surface area contributed by atoms with Gasteiger partial charge in [-0.15, -0.1) is 0 Å². The maximum absolute atomic E-state index is 11.6. The predicted octanol–water partition coefficient (Wildman–Crippen LogP) is 1.50. The van der Waals surface area contributed by atoms with Crippen LogP contribution in [0.3, 0.4) is 0 Å². The predicted molar refractivity (Wildman–Crippen MR) is 58.4 cm³/mol. The highest BCUT2D eigenvalue weighted by Gasteiger charge is 2.24. The molecule has 0 aromatic carbocycles. The number of carboxylic acids is 1. The minimum Gasteiger partial charge on any atom is -0.481 e. The van der Waals surface area contributed by atoms with Crippen LogP contribution in [0.4, 0.5) is 0 Å². The van der Waals surface area contributed by atoms with Gasteiger partial charge in [-0.1, -0.05) is 20.8 Å². The van der Waals surface area contributed by atoms with Crippen LogP contribution in [0.25, 0.3) is 0 Å². The second-order valence-corrected chi connectivity index (χ2v) is 4.46. The number of amides is 1. The van der Waals surface area contributed by atoms with Gasteiger partial charge in [-0.3, -0.25) is 9.59 Å². The van der Waals surface area contributed by atoms with Crippen molar-refractivity contribution in [2.24, 2.45) is 17.8 Å². The van der Waals surface area contributed by atoms with Gasteiger partial charge < -0.3 is 10.4 Å². The first kappa shape index (κ1) is 13.9. The quantitative estimate of drug-likeness (QED) is 0.730. The molecule has 3 unspecified atom stereocenters. The molecule has 2 N–H and O–H groups in total. The van der Waals surface area contributed by atoms with E-state index in [0.29, 0.717) is 0 Å². The molecule has 88 valence electrons. The van der Waals surface area contributed by atoms with Crippen molar-refractivity contribution in [3.05, 3.63) is 0 Å². The standard InChI is InChI=1S/C11H21NO3/c1-6(2)7(3)10(13)12-9(5)8(4)11(14)15/h6-9H,1-5H3,(H,12,13)(H,14,15). The zero-order chi connectivity index (χ0) is 12.2. The largest absolute Gasteiger partial charge is 0.481 e. The molecule has 0 radical (unpaired) electrons. The molecule has 1 amide bonds. The Morgan fingerprint density at radius 2 is 1.47 bits per heavy atom. The number of aliphatic carboxylic acids is 1. The van der Waals surface area contributed by atoms with Crippen molar-refractivity contribution >= 4 is 11.9 Å². The molecular formula is C11H21NO3. The molecule has 0 fully saturated rings. The Hall–Kier alpha value is -1.06. The van der Waals surface area contributed by atoms with Crippen molar-refractivity contribution in [1.82, 2.24) is 5.32 Å². The summed E-state index contributed by atoms with van der Waals surface area (Å²) in [6.07, 6.45) is 0. The van der Waals surface area contributed by atoms with E-state index >= 15 is 0 Å². The van der Waals surface area contributed by atoms with Crippen molar-refractivity contribution in [2.45, 2.75) is 40.7 Å². The molecule has 15 heavy (non-hydrogen) atoms. The molecule has 0 saturated heterocycles. The van der Waals surface area contributed by atoms with E-state index in [2.05, 4.69) is 5.32 Å². The summed E-state index contributed by atoms with van der Waals surface area (Å²) in [6.45, 7) is 9.08. The third-order valence-electron chi connectivity index (χ3n) is 2.92. The molecule has 4 nitrogen and oxygen atoms in total. The number of hydrogen-bond donors (Lipinski definition) is 2. The fourth-order valence-corrected chi connectivity index (χ4v) is 0.997. The molecule has 0 aliphatic carbocycles. The van der Waals surface area contributed by atoms with E-state index < -0.39 is 11.9 Å². The summed E-state index contributed by atoms with van der Waals surface area (Å²) >= 11 is 0. The van der Waals surface area contributed by atoms with Crippen LogP contribution in [-0.2, 0) is 9.59 Å². The first-order valence-corrected chi connectivity index (χ1v) is 5.30. The Bertz CT molecular complexity index is 238. The maximum Gasteiger partial charge on any atom is 0.308 e. The minimum absolute atomic E-state index is 0.0781. The fraction of sp³-hybridized carbons (Fsp3) is 0.818. The first-order valence-electron chi connectivity index (χ1n) is 5.30. The molecule has 3 atom stereocenters. The van der Waals surface area contributed by atoms with Crippen LogP contribution in [0, 0.1) is 17.8 Å². The van der Waals surface area contributed by atoms with E-state index in [1.54, 1.807) is 13.8 Å². The normalized spacial score (nSPS) is 16.9. The molecule has 0 aromatic rings. The van der Waals surface area contributed by atoms with Crippen LogP contribution in [-0.4, -0.2) is 23.0 Å². The highest BCUT2D eigenvalue weighted by molar-refractivity contribution is 5.80. The number of nitrogens with one attached hydrogen (secondary N) is 1. The average Bonchev–Trinajstić information content (AvgIpc) is 2.14. The summed E-state index contributed by atoms with van der Waals surface area (Å²) in [5, 5.41) is 11.5. The van der Waals surface area contributed by atoms with Gasteiger partial charge >= 0.3 is 5.97 Å². The summed E-state index contributed by atoms with van der Waals surface area (Å²) in [5.41, 5.74) is 0. The van der Waals surface area contributed by atoms with Gasteiger partial charge in [0.1, 0.15) is 0 Å². The van der Waals surface area contributed by atoms with Crippen LogP contribution in [0.1, 0.15) is 34.6 Å². The van der Waals surface area contributed by atoms with Gasteiger partial charge in [0.15, 0.2) is 0 Å². The highest BCUT2D eigenvalue weighted by Crippen LogP contribution is 2.11. The molecule has 0 heterocycles. The summed E-state index contributed by atoms with van der Waals surface area (Å²) in [4.78, 5) is 22.3. The Labute approximate surface area is 91.1 Å². The van der Waals surface area contributed by atoms with Crippen LogP contribution in [0.2, 0.25) is 0 Å². The lowest BCUT2D eigenvalue weighted by Gasteiger charge is -2.22. The third-order valence-corrected chi connectivity index (χ3v) is 2.92. The van der Waals surface area contributed by atoms with E-state index in [0.717, 1.165) is 0 Å². The molecule has 0 rings (SSSR count). The van der Waals surface area contributed by atoms with Gasteiger partial charge in [0.25, 0.3) is 0 Å². The number of carboxylic acid groups (broad SMARTS) is 1. The molecule has 0 bridgehead atoms. The number of carbonyl (C=O) groups is 2.